The highest BCUT2D eigenvalue weighted by molar-refractivity contribution is 5.91. The van der Waals surface area contributed by atoms with Gasteiger partial charge in [-0.2, -0.15) is 18.3 Å². The summed E-state index contributed by atoms with van der Waals surface area (Å²) in [4.78, 5) is 10.5. The number of nitrogens with zero attached hydrogens (tertiary/aromatic N) is 5. The lowest BCUT2D eigenvalue weighted by atomic mass is 9.93. The highest BCUT2D eigenvalue weighted by Gasteiger charge is 2.36. The van der Waals surface area contributed by atoms with E-state index < -0.39 is 29.5 Å². The van der Waals surface area contributed by atoms with Gasteiger partial charge in [-0.15, -0.1) is 0 Å². The monoisotopic (exact) mass is 518 g/mol. The van der Waals surface area contributed by atoms with Crippen LogP contribution in [0.25, 0.3) is 16.5 Å². The molecule has 4 heterocycles. The number of aromatic nitrogens is 4. The van der Waals surface area contributed by atoms with E-state index in [-0.39, 0.29) is 6.04 Å². The molecular formula is C26H30F4N6O. The van der Waals surface area contributed by atoms with Crippen molar-refractivity contribution in [3.8, 4) is 5.88 Å². The van der Waals surface area contributed by atoms with Gasteiger partial charge in [0.05, 0.1) is 22.8 Å². The first-order chi connectivity index (χ1) is 17.7. The Morgan fingerprint density at radius 3 is 2.62 bits per heavy atom. The van der Waals surface area contributed by atoms with Gasteiger partial charge in [-0.25, -0.2) is 14.4 Å². The lowest BCUT2D eigenvalue weighted by Gasteiger charge is -2.29. The average molecular weight is 519 g/mol. The molecule has 1 aliphatic heterocycles. The first kappa shape index (κ1) is 25.4. The zero-order valence-electron chi connectivity index (χ0n) is 20.9. The highest BCUT2D eigenvalue weighted by atomic mass is 19.4. The molecule has 3 aromatic rings. The first-order valence-corrected chi connectivity index (χ1v) is 12.6. The number of pyridine rings is 2. The first-order valence-electron chi connectivity index (χ1n) is 12.6. The largest absolute Gasteiger partial charge is 0.472 e. The van der Waals surface area contributed by atoms with Crippen LogP contribution in [0.1, 0.15) is 56.3 Å². The quantitative estimate of drug-likeness (QED) is 0.423. The van der Waals surface area contributed by atoms with E-state index in [0.29, 0.717) is 31.7 Å². The van der Waals surface area contributed by atoms with E-state index in [2.05, 4.69) is 38.0 Å². The van der Waals surface area contributed by atoms with Gasteiger partial charge in [0.25, 0.3) is 5.88 Å². The van der Waals surface area contributed by atoms with Crippen LogP contribution in [0, 0.1) is 5.82 Å². The molecule has 7 nitrogen and oxygen atoms in total. The number of ether oxygens (including phenoxy) is 1. The molecule has 1 saturated carbocycles. The van der Waals surface area contributed by atoms with Crippen molar-refractivity contribution in [1.82, 2.24) is 24.6 Å². The molecule has 198 valence electrons. The van der Waals surface area contributed by atoms with Gasteiger partial charge in [-0.05, 0) is 57.7 Å². The van der Waals surface area contributed by atoms with E-state index in [9.17, 15) is 17.6 Å². The van der Waals surface area contributed by atoms with Crippen molar-refractivity contribution >= 4 is 22.3 Å². The Labute approximate surface area is 212 Å². The maximum atomic E-state index is 14.4. The van der Waals surface area contributed by atoms with Crippen LogP contribution >= 0.6 is 0 Å². The van der Waals surface area contributed by atoms with Crippen LogP contribution in [-0.4, -0.2) is 57.4 Å². The van der Waals surface area contributed by atoms with Gasteiger partial charge in [-0.1, -0.05) is 6.08 Å². The molecule has 0 amide bonds. The molecule has 0 unspecified atom stereocenters. The fraction of sp³-hybridized carbons (Fsp3) is 0.500. The van der Waals surface area contributed by atoms with Crippen LogP contribution in [0.5, 0.6) is 5.88 Å². The second-order valence-corrected chi connectivity index (χ2v) is 9.68. The van der Waals surface area contributed by atoms with Crippen LogP contribution in [-0.2, 0) is 6.18 Å². The normalized spacial score (nSPS) is 21.2. The van der Waals surface area contributed by atoms with E-state index in [1.165, 1.54) is 5.57 Å². The number of halogens is 4. The van der Waals surface area contributed by atoms with E-state index >= 15 is 0 Å². The van der Waals surface area contributed by atoms with Crippen LogP contribution in [0.15, 0.2) is 30.6 Å². The summed E-state index contributed by atoms with van der Waals surface area (Å²) in [5.41, 5.74) is 1.79. The summed E-state index contributed by atoms with van der Waals surface area (Å²) in [6, 6.07) is 2.73. The van der Waals surface area contributed by atoms with E-state index in [1.54, 1.807) is 0 Å². The number of fused-ring (bicyclic) bond motifs is 1. The standard InChI is InChI=1S/C26H30F4N6O/c1-3-31-22-14-21-19(15-33-22)24(16-9-12-35(2)13-10-16)34-36(21)17-4-6-18(7-5-17)37-25-23(27)20(8-11-32-25)26(28,29)30/h8-9,11,14-15,17-18H,3-7,10,12-13H2,1-2H3,(H,31,33). The van der Waals surface area contributed by atoms with Crippen LogP contribution < -0.4 is 10.1 Å². The Kier molecular flexibility index (Phi) is 7.06. The Balaban J connectivity index is 1.37. The lowest BCUT2D eigenvalue weighted by Crippen LogP contribution is -2.27. The average Bonchev–Trinajstić information content (AvgIpc) is 3.24. The summed E-state index contributed by atoms with van der Waals surface area (Å²) in [6.07, 6.45) is 3.21. The number of likely N-dealkylation sites (N-methyl/N-ethyl adjacent to an activating group) is 1. The summed E-state index contributed by atoms with van der Waals surface area (Å²) in [6.45, 7) is 4.60. The predicted molar refractivity (Wildman–Crippen MR) is 133 cm³/mol. The highest BCUT2D eigenvalue weighted by Crippen LogP contribution is 2.38. The third-order valence-corrected chi connectivity index (χ3v) is 7.10. The predicted octanol–water partition coefficient (Wildman–Crippen LogP) is 5.70. The Hall–Kier alpha value is -3.21. The van der Waals surface area contributed by atoms with Crippen molar-refractivity contribution in [3.63, 3.8) is 0 Å². The SMILES string of the molecule is CCNc1cc2c(cn1)c(C1=CCN(C)CC1)nn2C1CCC(Oc2nccc(C(F)(F)F)c2F)CC1. The van der Waals surface area contributed by atoms with E-state index in [0.717, 1.165) is 54.7 Å². The van der Waals surface area contributed by atoms with Gasteiger partial charge in [0.2, 0.25) is 0 Å². The summed E-state index contributed by atoms with van der Waals surface area (Å²) in [7, 11) is 2.09. The van der Waals surface area contributed by atoms with Crippen molar-refractivity contribution in [3.05, 3.63) is 47.7 Å². The molecule has 5 rings (SSSR count). The zero-order valence-corrected chi connectivity index (χ0v) is 20.9. The molecule has 0 saturated heterocycles. The number of nitrogens with one attached hydrogen (secondary N) is 1. The Bertz CT molecular complexity index is 1300. The fourth-order valence-corrected chi connectivity index (χ4v) is 5.10. The number of hydrogen-bond donors (Lipinski definition) is 1. The number of rotatable bonds is 6. The molecule has 0 aromatic carbocycles. The molecule has 0 atom stereocenters. The summed E-state index contributed by atoms with van der Waals surface area (Å²) >= 11 is 0. The van der Waals surface area contributed by atoms with Crippen LogP contribution in [0.3, 0.4) is 0 Å². The van der Waals surface area contributed by atoms with Crippen molar-refractivity contribution in [1.29, 1.82) is 0 Å². The summed E-state index contributed by atoms with van der Waals surface area (Å²) in [5.74, 6) is -1.28. The van der Waals surface area contributed by atoms with Crippen molar-refractivity contribution in [2.75, 3.05) is 32.0 Å². The van der Waals surface area contributed by atoms with Crippen molar-refractivity contribution in [2.45, 2.75) is 57.3 Å². The van der Waals surface area contributed by atoms with Crippen molar-refractivity contribution in [2.24, 2.45) is 0 Å². The van der Waals surface area contributed by atoms with Gasteiger partial charge in [0.1, 0.15) is 11.9 Å². The molecule has 1 N–H and O–H groups in total. The lowest BCUT2D eigenvalue weighted by molar-refractivity contribution is -0.140. The Morgan fingerprint density at radius 2 is 1.95 bits per heavy atom. The fourth-order valence-electron chi connectivity index (χ4n) is 5.10. The Morgan fingerprint density at radius 1 is 1.16 bits per heavy atom. The number of alkyl halides is 3. The molecule has 0 bridgehead atoms. The summed E-state index contributed by atoms with van der Waals surface area (Å²) < 4.78 is 61.2. The minimum atomic E-state index is -4.80. The second-order valence-electron chi connectivity index (χ2n) is 9.68. The second kappa shape index (κ2) is 10.3. The van der Waals surface area contributed by atoms with Gasteiger partial charge in [-0.3, -0.25) is 4.68 Å². The molecule has 3 aromatic heterocycles. The maximum Gasteiger partial charge on any atom is 0.419 e. The number of hydrogen-bond acceptors (Lipinski definition) is 6. The van der Waals surface area contributed by atoms with Crippen LogP contribution in [0.4, 0.5) is 23.4 Å². The summed E-state index contributed by atoms with van der Waals surface area (Å²) in [5, 5.41) is 9.32. The third kappa shape index (κ3) is 5.27. The zero-order chi connectivity index (χ0) is 26.2. The van der Waals surface area contributed by atoms with Gasteiger partial charge < -0.3 is 15.0 Å². The van der Waals surface area contributed by atoms with Crippen molar-refractivity contribution < 1.29 is 22.3 Å². The van der Waals surface area contributed by atoms with Crippen LogP contribution in [0.2, 0.25) is 0 Å². The molecule has 37 heavy (non-hydrogen) atoms. The smallest absolute Gasteiger partial charge is 0.419 e. The molecule has 1 aliphatic carbocycles. The molecule has 11 heteroatoms. The topological polar surface area (TPSA) is 68.1 Å². The molecule has 2 aliphatic rings. The van der Waals surface area contributed by atoms with Gasteiger partial charge in [0.15, 0.2) is 5.82 Å². The van der Waals surface area contributed by atoms with Gasteiger partial charge >= 0.3 is 6.18 Å². The van der Waals surface area contributed by atoms with E-state index in [1.807, 2.05) is 19.2 Å². The minimum Gasteiger partial charge on any atom is -0.472 e. The molecular weight excluding hydrogens is 488 g/mol. The number of anilines is 1. The minimum absolute atomic E-state index is 0.0826. The van der Waals surface area contributed by atoms with E-state index in [4.69, 9.17) is 9.84 Å². The maximum absolute atomic E-state index is 14.4. The third-order valence-electron chi connectivity index (χ3n) is 7.10. The molecule has 0 spiro atoms. The molecule has 1 fully saturated rings. The molecule has 0 radical (unpaired) electrons. The van der Waals surface area contributed by atoms with Gasteiger partial charge in [0, 0.05) is 43.5 Å².